The molecule has 0 aliphatic carbocycles. The van der Waals surface area contributed by atoms with Crippen molar-refractivity contribution in [2.24, 2.45) is 5.92 Å². The lowest BCUT2D eigenvalue weighted by molar-refractivity contribution is -0.435. The van der Waals surface area contributed by atoms with Crippen LogP contribution in [0.3, 0.4) is 0 Å². The molecule has 0 amide bonds. The molecule has 4 nitrogen and oxygen atoms in total. The monoisotopic (exact) mass is 526 g/mol. The first-order valence-corrected chi connectivity index (χ1v) is 13.0. The minimum atomic E-state index is -2.20. The topological polar surface area (TPSA) is 36.9 Å². The molecule has 0 N–H and O–H groups in total. The summed E-state index contributed by atoms with van der Waals surface area (Å²) in [7, 11) is 0. The van der Waals surface area contributed by atoms with Crippen LogP contribution in [0.4, 0.5) is 22.0 Å². The summed E-state index contributed by atoms with van der Waals surface area (Å²) in [5.74, 6) is -12.1. The normalized spacial score (nSPS) is 13.4. The van der Waals surface area contributed by atoms with E-state index in [9.17, 15) is 22.0 Å². The summed E-state index contributed by atoms with van der Waals surface area (Å²) in [5.41, 5.74) is -1.02. The average Bonchev–Trinajstić information content (AvgIpc) is 2.77. The third-order valence-corrected chi connectivity index (χ3v) is 5.47. The van der Waals surface area contributed by atoms with Crippen LogP contribution in [0.5, 0.6) is 0 Å². The smallest absolute Gasteiger partial charge is 0.288 e. The summed E-state index contributed by atoms with van der Waals surface area (Å²) in [4.78, 5) is 0. The second-order valence-electron chi connectivity index (χ2n) is 9.92. The van der Waals surface area contributed by atoms with Gasteiger partial charge >= 0.3 is 0 Å². The van der Waals surface area contributed by atoms with Gasteiger partial charge in [-0.3, -0.25) is 0 Å². The standard InChI is InChI=1S/C27H43F5O4/c1-8-9-10-11-12-13-14-20(27(34-17(2)3,35-18(4)5)36-19(6)7)15-33-16-21-22(28)24(30)26(32)25(31)23(21)29/h17-20H,8-16H2,1-7H3. The van der Waals surface area contributed by atoms with E-state index in [1.54, 1.807) is 0 Å². The Labute approximate surface area is 212 Å². The molecule has 1 aromatic rings. The Kier molecular flexibility index (Phi) is 14.4. The zero-order valence-corrected chi connectivity index (χ0v) is 22.7. The van der Waals surface area contributed by atoms with Crippen molar-refractivity contribution < 1.29 is 40.9 Å². The van der Waals surface area contributed by atoms with Crippen molar-refractivity contribution in [2.45, 2.75) is 124 Å². The van der Waals surface area contributed by atoms with E-state index in [4.69, 9.17) is 18.9 Å². The summed E-state index contributed by atoms with van der Waals surface area (Å²) < 4.78 is 93.1. The zero-order valence-electron chi connectivity index (χ0n) is 22.7. The maximum Gasteiger partial charge on any atom is 0.288 e. The van der Waals surface area contributed by atoms with Crippen molar-refractivity contribution in [1.82, 2.24) is 0 Å². The minimum Gasteiger partial charge on any atom is -0.376 e. The predicted octanol–water partition coefficient (Wildman–Crippen LogP) is 8.19. The van der Waals surface area contributed by atoms with E-state index in [0.29, 0.717) is 6.42 Å². The lowest BCUT2D eigenvalue weighted by Gasteiger charge is -2.43. The second-order valence-corrected chi connectivity index (χ2v) is 9.92. The molecule has 9 heteroatoms. The highest BCUT2D eigenvalue weighted by molar-refractivity contribution is 5.23. The fourth-order valence-corrected chi connectivity index (χ4v) is 3.97. The Hall–Kier alpha value is -1.29. The van der Waals surface area contributed by atoms with Gasteiger partial charge in [0.15, 0.2) is 23.3 Å². The van der Waals surface area contributed by atoms with Gasteiger partial charge in [-0.2, -0.15) is 0 Å². The van der Waals surface area contributed by atoms with Gasteiger partial charge in [-0.15, -0.1) is 0 Å². The quantitative estimate of drug-likeness (QED) is 0.0635. The highest BCUT2D eigenvalue weighted by Gasteiger charge is 2.45. The Morgan fingerprint density at radius 2 is 1.03 bits per heavy atom. The molecule has 0 saturated heterocycles. The fourth-order valence-electron chi connectivity index (χ4n) is 3.97. The van der Waals surface area contributed by atoms with Crippen molar-refractivity contribution in [3.05, 3.63) is 34.6 Å². The van der Waals surface area contributed by atoms with Gasteiger partial charge in [0.2, 0.25) is 5.82 Å². The van der Waals surface area contributed by atoms with Gasteiger partial charge in [0, 0.05) is 0 Å². The van der Waals surface area contributed by atoms with Crippen LogP contribution >= 0.6 is 0 Å². The van der Waals surface area contributed by atoms with Crippen LogP contribution in [-0.2, 0) is 25.6 Å². The predicted molar refractivity (Wildman–Crippen MR) is 129 cm³/mol. The molecule has 1 unspecified atom stereocenters. The minimum absolute atomic E-state index is 0.138. The number of hydrogen-bond donors (Lipinski definition) is 0. The van der Waals surface area contributed by atoms with Crippen LogP contribution in [-0.4, -0.2) is 30.9 Å². The molecule has 36 heavy (non-hydrogen) atoms. The van der Waals surface area contributed by atoms with E-state index < -0.39 is 53.1 Å². The number of unbranched alkanes of at least 4 members (excludes halogenated alkanes) is 5. The van der Waals surface area contributed by atoms with Crippen LogP contribution in [0, 0.1) is 35.0 Å². The van der Waals surface area contributed by atoms with Crippen molar-refractivity contribution in [3.8, 4) is 0 Å². The molecular formula is C27H43F5O4. The molecule has 0 aromatic heterocycles. The average molecular weight is 527 g/mol. The van der Waals surface area contributed by atoms with Gasteiger partial charge in [0.1, 0.15) is 0 Å². The molecule has 0 radical (unpaired) electrons. The number of ether oxygens (including phenoxy) is 4. The first-order valence-electron chi connectivity index (χ1n) is 13.0. The number of halogens is 5. The number of rotatable bonds is 18. The Bertz CT molecular complexity index is 730. The maximum absolute atomic E-state index is 14.2. The molecule has 1 atom stereocenters. The number of benzene rings is 1. The van der Waals surface area contributed by atoms with E-state index in [1.165, 1.54) is 0 Å². The van der Waals surface area contributed by atoms with Crippen molar-refractivity contribution in [1.29, 1.82) is 0 Å². The largest absolute Gasteiger partial charge is 0.376 e. The molecule has 0 aliphatic rings. The molecule has 0 spiro atoms. The van der Waals surface area contributed by atoms with E-state index in [1.807, 2.05) is 41.5 Å². The van der Waals surface area contributed by atoms with Crippen molar-refractivity contribution in [2.75, 3.05) is 6.61 Å². The van der Waals surface area contributed by atoms with Crippen molar-refractivity contribution >= 4 is 0 Å². The highest BCUT2D eigenvalue weighted by atomic mass is 19.2. The molecular weight excluding hydrogens is 483 g/mol. The van der Waals surface area contributed by atoms with E-state index in [-0.39, 0.29) is 24.9 Å². The Balaban J connectivity index is 3.19. The Morgan fingerprint density at radius 1 is 0.611 bits per heavy atom. The van der Waals surface area contributed by atoms with Crippen LogP contribution in [0.25, 0.3) is 0 Å². The van der Waals surface area contributed by atoms with Gasteiger partial charge in [-0.1, -0.05) is 45.4 Å². The lowest BCUT2D eigenvalue weighted by Crippen LogP contribution is -2.52. The van der Waals surface area contributed by atoms with E-state index in [0.717, 1.165) is 38.5 Å². The summed E-state index contributed by atoms with van der Waals surface area (Å²) in [6, 6.07) is 0. The van der Waals surface area contributed by atoms with Gasteiger partial charge in [-0.05, 0) is 48.0 Å². The lowest BCUT2D eigenvalue weighted by atomic mass is 9.97. The van der Waals surface area contributed by atoms with Crippen LogP contribution in [0.2, 0.25) is 0 Å². The molecule has 210 valence electrons. The molecule has 0 saturated carbocycles. The molecule has 0 bridgehead atoms. The fraction of sp³-hybridized carbons (Fsp3) is 0.778. The maximum atomic E-state index is 14.2. The first kappa shape index (κ1) is 32.7. The summed E-state index contributed by atoms with van der Waals surface area (Å²) in [6.45, 7) is 12.2. The zero-order chi connectivity index (χ0) is 27.5. The first-order chi connectivity index (χ1) is 16.9. The van der Waals surface area contributed by atoms with Crippen molar-refractivity contribution in [3.63, 3.8) is 0 Å². The van der Waals surface area contributed by atoms with Crippen LogP contribution < -0.4 is 0 Å². The van der Waals surface area contributed by atoms with Gasteiger partial charge in [0.25, 0.3) is 5.97 Å². The SMILES string of the molecule is CCCCCCCCC(COCc1c(F)c(F)c(F)c(F)c1F)C(OC(C)C)(OC(C)C)OC(C)C. The Morgan fingerprint density at radius 3 is 1.47 bits per heavy atom. The van der Waals surface area contributed by atoms with E-state index >= 15 is 0 Å². The molecule has 0 aliphatic heterocycles. The molecule has 1 rings (SSSR count). The summed E-state index contributed by atoms with van der Waals surface area (Å²) in [5, 5.41) is 0. The van der Waals surface area contributed by atoms with Crippen LogP contribution in [0.15, 0.2) is 0 Å². The number of hydrogen-bond acceptors (Lipinski definition) is 4. The van der Waals surface area contributed by atoms with E-state index in [2.05, 4.69) is 6.92 Å². The third-order valence-electron chi connectivity index (χ3n) is 5.47. The highest BCUT2D eigenvalue weighted by Crippen LogP contribution is 2.35. The molecule has 0 heterocycles. The third kappa shape index (κ3) is 9.88. The second kappa shape index (κ2) is 15.8. The van der Waals surface area contributed by atoms with Gasteiger partial charge in [0.05, 0.1) is 43.0 Å². The van der Waals surface area contributed by atoms with Crippen LogP contribution in [0.1, 0.15) is 99.0 Å². The summed E-state index contributed by atoms with van der Waals surface area (Å²) >= 11 is 0. The molecule has 0 fully saturated rings. The van der Waals surface area contributed by atoms with Gasteiger partial charge < -0.3 is 18.9 Å². The molecule has 1 aromatic carbocycles. The summed E-state index contributed by atoms with van der Waals surface area (Å²) in [6.07, 6.45) is 5.90. The van der Waals surface area contributed by atoms with Gasteiger partial charge in [-0.25, -0.2) is 22.0 Å².